The van der Waals surface area contributed by atoms with Gasteiger partial charge in [0.25, 0.3) is 5.56 Å². The lowest BCUT2D eigenvalue weighted by molar-refractivity contribution is 0.155. The van der Waals surface area contributed by atoms with Crippen molar-refractivity contribution >= 4 is 10.9 Å². The van der Waals surface area contributed by atoms with Gasteiger partial charge in [-0.25, -0.2) is 4.68 Å². The average molecular weight is 531 g/mol. The Kier molecular flexibility index (Phi) is 8.56. The van der Waals surface area contributed by atoms with E-state index in [2.05, 4.69) is 44.5 Å². The van der Waals surface area contributed by atoms with Crippen molar-refractivity contribution in [1.82, 2.24) is 30.1 Å². The lowest BCUT2D eigenvalue weighted by Gasteiger charge is -2.32. The number of aromatic amines is 1. The molecule has 39 heavy (non-hydrogen) atoms. The number of benzene rings is 2. The molecule has 9 nitrogen and oxygen atoms in total. The van der Waals surface area contributed by atoms with Crippen molar-refractivity contribution in [1.29, 1.82) is 0 Å². The zero-order valence-corrected chi connectivity index (χ0v) is 23.1. The number of pyridine rings is 1. The summed E-state index contributed by atoms with van der Waals surface area (Å²) in [5.41, 5.74) is 2.52. The highest BCUT2D eigenvalue weighted by Crippen LogP contribution is 2.33. The van der Waals surface area contributed by atoms with Crippen molar-refractivity contribution < 1.29 is 9.47 Å². The van der Waals surface area contributed by atoms with Gasteiger partial charge in [0.05, 0.1) is 25.8 Å². The largest absolute Gasteiger partial charge is 0.497 e. The van der Waals surface area contributed by atoms with E-state index < -0.39 is 0 Å². The van der Waals surface area contributed by atoms with Crippen LogP contribution in [0.15, 0.2) is 53.3 Å². The van der Waals surface area contributed by atoms with Crippen LogP contribution in [0.4, 0.5) is 0 Å². The number of tetrazole rings is 1. The third-order valence-corrected chi connectivity index (χ3v) is 7.69. The highest BCUT2D eigenvalue weighted by Gasteiger charge is 2.29. The molecule has 1 aliphatic carbocycles. The van der Waals surface area contributed by atoms with Crippen LogP contribution >= 0.6 is 0 Å². The van der Waals surface area contributed by atoms with Gasteiger partial charge in [-0.05, 0) is 78.6 Å². The third-order valence-electron chi connectivity index (χ3n) is 7.69. The topological polar surface area (TPSA) is 98.2 Å². The summed E-state index contributed by atoms with van der Waals surface area (Å²) in [7, 11) is 1.67. The van der Waals surface area contributed by atoms with Crippen molar-refractivity contribution in [2.24, 2.45) is 0 Å². The second-order valence-electron chi connectivity index (χ2n) is 10.3. The molecule has 2 heterocycles. The monoisotopic (exact) mass is 530 g/mol. The molecule has 0 aliphatic heterocycles. The zero-order chi connectivity index (χ0) is 27.2. The van der Waals surface area contributed by atoms with E-state index >= 15 is 0 Å². The summed E-state index contributed by atoms with van der Waals surface area (Å²) >= 11 is 0. The third kappa shape index (κ3) is 6.14. The van der Waals surface area contributed by atoms with Gasteiger partial charge in [-0.1, -0.05) is 38.3 Å². The lowest BCUT2D eigenvalue weighted by Crippen LogP contribution is -2.33. The summed E-state index contributed by atoms with van der Waals surface area (Å²) in [5.74, 6) is 2.47. The molecule has 5 rings (SSSR count). The number of nitrogens with one attached hydrogen (secondary N) is 1. The first-order chi connectivity index (χ1) is 19.1. The first-order valence-electron chi connectivity index (χ1n) is 14.0. The van der Waals surface area contributed by atoms with Crippen LogP contribution in [0, 0.1) is 0 Å². The summed E-state index contributed by atoms with van der Waals surface area (Å²) in [5, 5.41) is 14.0. The van der Waals surface area contributed by atoms with Gasteiger partial charge in [0, 0.05) is 29.6 Å². The average Bonchev–Trinajstić information content (AvgIpc) is 3.44. The van der Waals surface area contributed by atoms with Gasteiger partial charge in [-0.3, -0.25) is 9.69 Å². The second kappa shape index (κ2) is 12.4. The van der Waals surface area contributed by atoms with Gasteiger partial charge in [-0.2, -0.15) is 0 Å². The first-order valence-corrected chi connectivity index (χ1v) is 14.0. The van der Waals surface area contributed by atoms with Gasteiger partial charge in [0.2, 0.25) is 0 Å². The number of fused-ring (bicyclic) bond motifs is 1. The number of hydrogen-bond donors (Lipinski definition) is 1. The SMILES string of the molecule is CCOc1ccc2[nH]c(=O)c(CN(Cc3ccc(OC)cc3)[C@H](CC)c3nnnn3C3CCCCC3)cc2c1. The fourth-order valence-electron chi connectivity index (χ4n) is 5.67. The van der Waals surface area contributed by atoms with E-state index in [0.29, 0.717) is 31.3 Å². The van der Waals surface area contributed by atoms with Gasteiger partial charge >= 0.3 is 0 Å². The molecule has 1 fully saturated rings. The van der Waals surface area contributed by atoms with Gasteiger partial charge in [-0.15, -0.1) is 5.10 Å². The fourth-order valence-corrected chi connectivity index (χ4v) is 5.67. The molecule has 0 radical (unpaired) electrons. The van der Waals surface area contributed by atoms with Crippen molar-refractivity contribution in [2.45, 2.75) is 77.5 Å². The van der Waals surface area contributed by atoms with Crippen LogP contribution in [0.5, 0.6) is 11.5 Å². The highest BCUT2D eigenvalue weighted by atomic mass is 16.5. The summed E-state index contributed by atoms with van der Waals surface area (Å²) < 4.78 is 13.1. The zero-order valence-electron chi connectivity index (χ0n) is 23.1. The number of ether oxygens (including phenoxy) is 2. The number of aromatic nitrogens is 5. The van der Waals surface area contributed by atoms with Crippen LogP contribution < -0.4 is 15.0 Å². The normalized spacial score (nSPS) is 15.1. The quantitative estimate of drug-likeness (QED) is 0.270. The van der Waals surface area contributed by atoms with E-state index in [4.69, 9.17) is 9.47 Å². The van der Waals surface area contributed by atoms with Crippen LogP contribution in [-0.2, 0) is 13.1 Å². The van der Waals surface area contributed by atoms with E-state index in [9.17, 15) is 4.79 Å². The molecule has 1 N–H and O–H groups in total. The molecule has 2 aromatic carbocycles. The molecule has 1 saturated carbocycles. The molecular formula is C30H38N6O3. The van der Waals surface area contributed by atoms with Gasteiger partial charge in [0.15, 0.2) is 5.82 Å². The smallest absolute Gasteiger partial charge is 0.252 e. The van der Waals surface area contributed by atoms with E-state index in [1.807, 2.05) is 48.0 Å². The number of hydrogen-bond acceptors (Lipinski definition) is 7. The predicted molar refractivity (Wildman–Crippen MR) is 151 cm³/mol. The Balaban J connectivity index is 1.51. The van der Waals surface area contributed by atoms with Crippen LogP contribution in [0.25, 0.3) is 10.9 Å². The molecule has 0 amide bonds. The Bertz CT molecular complexity index is 1420. The number of rotatable bonds is 11. The molecule has 2 aromatic heterocycles. The van der Waals surface area contributed by atoms with Crippen LogP contribution in [0.1, 0.15) is 81.4 Å². The van der Waals surface area contributed by atoms with Crippen LogP contribution in [-0.4, -0.2) is 43.8 Å². The Labute approximate surface area is 229 Å². The Morgan fingerprint density at radius 1 is 1.03 bits per heavy atom. The van der Waals surface area contributed by atoms with E-state index in [1.54, 1.807) is 7.11 Å². The minimum absolute atomic E-state index is 0.0612. The second-order valence-corrected chi connectivity index (χ2v) is 10.3. The van der Waals surface area contributed by atoms with Crippen LogP contribution in [0.3, 0.4) is 0 Å². The maximum Gasteiger partial charge on any atom is 0.252 e. The minimum Gasteiger partial charge on any atom is -0.497 e. The van der Waals surface area contributed by atoms with Crippen molar-refractivity contribution in [3.05, 3.63) is 75.8 Å². The summed E-state index contributed by atoms with van der Waals surface area (Å²) in [6.45, 7) is 5.80. The fraction of sp³-hybridized carbons (Fsp3) is 0.467. The van der Waals surface area contributed by atoms with E-state index in [-0.39, 0.29) is 11.6 Å². The molecule has 0 bridgehead atoms. The number of nitrogens with zero attached hydrogens (tertiary/aromatic N) is 5. The Morgan fingerprint density at radius 3 is 2.51 bits per heavy atom. The molecule has 1 atom stereocenters. The molecule has 4 aromatic rings. The lowest BCUT2D eigenvalue weighted by atomic mass is 9.95. The molecule has 1 aliphatic rings. The maximum atomic E-state index is 13.3. The summed E-state index contributed by atoms with van der Waals surface area (Å²) in [6, 6.07) is 16.1. The van der Waals surface area contributed by atoms with Gasteiger partial charge < -0.3 is 14.5 Å². The molecule has 206 valence electrons. The molecular weight excluding hydrogens is 492 g/mol. The summed E-state index contributed by atoms with van der Waals surface area (Å²) in [6.07, 6.45) is 6.67. The van der Waals surface area contributed by atoms with Crippen molar-refractivity contribution in [2.75, 3.05) is 13.7 Å². The first kappa shape index (κ1) is 26.9. The molecule has 0 unspecified atom stereocenters. The Morgan fingerprint density at radius 2 is 1.79 bits per heavy atom. The van der Waals surface area contributed by atoms with Crippen LogP contribution in [0.2, 0.25) is 0 Å². The Hall–Kier alpha value is -3.72. The maximum absolute atomic E-state index is 13.3. The van der Waals surface area contributed by atoms with E-state index in [1.165, 1.54) is 19.3 Å². The minimum atomic E-state index is -0.0897. The van der Waals surface area contributed by atoms with Crippen molar-refractivity contribution in [3.8, 4) is 11.5 Å². The number of H-pyrrole nitrogens is 1. The van der Waals surface area contributed by atoms with Gasteiger partial charge in [0.1, 0.15) is 11.5 Å². The van der Waals surface area contributed by atoms with E-state index in [0.717, 1.165) is 53.1 Å². The molecule has 0 saturated heterocycles. The summed E-state index contributed by atoms with van der Waals surface area (Å²) in [4.78, 5) is 18.6. The van der Waals surface area contributed by atoms with Crippen molar-refractivity contribution in [3.63, 3.8) is 0 Å². The highest BCUT2D eigenvalue weighted by molar-refractivity contribution is 5.80. The molecule has 9 heteroatoms. The number of methoxy groups -OCH3 is 1. The standard InChI is InChI=1S/C30H38N6O3/c1-4-28(29-32-33-34-36(29)24-9-7-6-8-10-24)35(19-21-11-13-25(38-3)14-12-21)20-23-17-22-18-26(39-5-2)15-16-27(22)31-30(23)37/h11-18,24,28H,4-10,19-20H2,1-3H3,(H,31,37)/t28-/m1/s1. The predicted octanol–water partition coefficient (Wildman–Crippen LogP) is 5.58. The molecule has 0 spiro atoms.